The lowest BCUT2D eigenvalue weighted by molar-refractivity contribution is 0.199. The third kappa shape index (κ3) is 2.67. The zero-order valence-electron chi connectivity index (χ0n) is 10.3. The smallest absolute Gasteiger partial charge is 0.146 e. The van der Waals surface area contributed by atoms with E-state index in [-0.39, 0.29) is 5.82 Å². The second-order valence-electron chi connectivity index (χ2n) is 4.63. The molecular formula is C14H18FNO. The lowest BCUT2D eigenvalue weighted by atomic mass is 10.1. The summed E-state index contributed by atoms with van der Waals surface area (Å²) < 4.78 is 13.9. The first-order valence-corrected chi connectivity index (χ1v) is 5.96. The molecule has 2 nitrogen and oxygen atoms in total. The van der Waals surface area contributed by atoms with Crippen LogP contribution in [0.25, 0.3) is 0 Å². The van der Waals surface area contributed by atoms with Crippen molar-refractivity contribution in [1.29, 1.82) is 0 Å². The minimum Gasteiger partial charge on any atom is -0.389 e. The molecule has 0 radical (unpaired) electrons. The van der Waals surface area contributed by atoms with E-state index in [2.05, 4.69) is 13.0 Å². The fraction of sp³-hybridized carbons (Fsp3) is 0.429. The average Bonchev–Trinajstić information content (AvgIpc) is 2.30. The molecule has 1 aromatic rings. The van der Waals surface area contributed by atoms with Crippen LogP contribution in [0.1, 0.15) is 31.9 Å². The molecule has 0 spiro atoms. The van der Waals surface area contributed by atoms with Gasteiger partial charge in [0.1, 0.15) is 5.82 Å². The van der Waals surface area contributed by atoms with Crippen LogP contribution in [-0.2, 0) is 0 Å². The average molecular weight is 235 g/mol. The number of benzene rings is 1. The summed E-state index contributed by atoms with van der Waals surface area (Å²) in [6, 6.07) is 4.96. The largest absolute Gasteiger partial charge is 0.389 e. The van der Waals surface area contributed by atoms with Crippen molar-refractivity contribution in [2.24, 2.45) is 0 Å². The zero-order valence-corrected chi connectivity index (χ0v) is 10.3. The Hall–Kier alpha value is -1.35. The highest BCUT2D eigenvalue weighted by molar-refractivity contribution is 5.51. The highest BCUT2D eigenvalue weighted by atomic mass is 19.1. The van der Waals surface area contributed by atoms with Crippen LogP contribution in [0, 0.1) is 5.82 Å². The molecule has 0 bridgehead atoms. The number of rotatable bonds is 2. The molecule has 0 unspecified atom stereocenters. The van der Waals surface area contributed by atoms with Gasteiger partial charge in [0.2, 0.25) is 0 Å². The van der Waals surface area contributed by atoms with Crippen molar-refractivity contribution in [3.05, 3.63) is 41.2 Å². The maximum absolute atomic E-state index is 13.9. The number of hydrogen-bond acceptors (Lipinski definition) is 2. The van der Waals surface area contributed by atoms with Gasteiger partial charge >= 0.3 is 0 Å². The predicted octanol–water partition coefficient (Wildman–Crippen LogP) is 3.04. The third-order valence-electron chi connectivity index (χ3n) is 3.23. The molecule has 1 atom stereocenters. The minimum absolute atomic E-state index is 0.253. The lowest BCUT2D eigenvalue weighted by Crippen LogP contribution is -2.28. The number of nitrogens with zero attached hydrogens (tertiary/aromatic N) is 1. The van der Waals surface area contributed by atoms with Gasteiger partial charge in [0.05, 0.1) is 11.8 Å². The summed E-state index contributed by atoms with van der Waals surface area (Å²) in [5.41, 5.74) is 2.61. The van der Waals surface area contributed by atoms with Gasteiger partial charge in [-0.05, 0) is 38.0 Å². The molecule has 0 aliphatic carbocycles. The normalized spacial score (nSPS) is 17.9. The molecule has 1 aromatic carbocycles. The van der Waals surface area contributed by atoms with E-state index in [9.17, 15) is 9.50 Å². The van der Waals surface area contributed by atoms with Gasteiger partial charge in [0, 0.05) is 13.1 Å². The van der Waals surface area contributed by atoms with Gasteiger partial charge in [0.15, 0.2) is 0 Å². The Morgan fingerprint density at radius 1 is 1.41 bits per heavy atom. The Bertz CT molecular complexity index is 440. The van der Waals surface area contributed by atoms with Crippen LogP contribution < -0.4 is 4.90 Å². The summed E-state index contributed by atoms with van der Waals surface area (Å²) in [5.74, 6) is -0.253. The fourth-order valence-corrected chi connectivity index (χ4v) is 2.03. The number of aliphatic hydroxyl groups is 1. The van der Waals surface area contributed by atoms with Crippen LogP contribution in [0.2, 0.25) is 0 Å². The van der Waals surface area contributed by atoms with E-state index in [4.69, 9.17) is 0 Å². The molecule has 1 aliphatic rings. The molecule has 17 heavy (non-hydrogen) atoms. The Labute approximate surface area is 101 Å². The van der Waals surface area contributed by atoms with Crippen molar-refractivity contribution in [2.45, 2.75) is 26.4 Å². The Kier molecular flexibility index (Phi) is 3.48. The molecule has 92 valence electrons. The van der Waals surface area contributed by atoms with Gasteiger partial charge < -0.3 is 10.0 Å². The molecule has 0 saturated heterocycles. The first-order valence-electron chi connectivity index (χ1n) is 5.96. The van der Waals surface area contributed by atoms with Gasteiger partial charge in [-0.1, -0.05) is 17.7 Å². The van der Waals surface area contributed by atoms with Crippen molar-refractivity contribution >= 4 is 5.69 Å². The second kappa shape index (κ2) is 4.88. The number of aliphatic hydroxyl groups excluding tert-OH is 1. The fourth-order valence-electron chi connectivity index (χ4n) is 2.03. The summed E-state index contributed by atoms with van der Waals surface area (Å²) in [4.78, 5) is 2.02. The molecule has 0 aromatic heterocycles. The first kappa shape index (κ1) is 12.1. The van der Waals surface area contributed by atoms with Crippen molar-refractivity contribution in [1.82, 2.24) is 0 Å². The maximum Gasteiger partial charge on any atom is 0.146 e. The van der Waals surface area contributed by atoms with Crippen LogP contribution in [0.5, 0.6) is 0 Å². The highest BCUT2D eigenvalue weighted by Crippen LogP contribution is 2.25. The van der Waals surface area contributed by atoms with E-state index >= 15 is 0 Å². The van der Waals surface area contributed by atoms with E-state index in [1.807, 2.05) is 4.90 Å². The zero-order chi connectivity index (χ0) is 12.4. The Balaban J connectivity index is 2.22. The summed E-state index contributed by atoms with van der Waals surface area (Å²) in [6.45, 7) is 5.36. The van der Waals surface area contributed by atoms with Crippen molar-refractivity contribution in [3.8, 4) is 0 Å². The van der Waals surface area contributed by atoms with E-state index < -0.39 is 6.10 Å². The quantitative estimate of drug-likeness (QED) is 0.796. The summed E-state index contributed by atoms with van der Waals surface area (Å²) >= 11 is 0. The third-order valence-corrected chi connectivity index (χ3v) is 3.23. The van der Waals surface area contributed by atoms with Crippen LogP contribution >= 0.6 is 0 Å². The van der Waals surface area contributed by atoms with E-state index in [1.165, 1.54) is 11.6 Å². The van der Waals surface area contributed by atoms with Crippen LogP contribution in [0.15, 0.2) is 29.8 Å². The highest BCUT2D eigenvalue weighted by Gasteiger charge is 2.15. The molecule has 0 fully saturated rings. The van der Waals surface area contributed by atoms with Gasteiger partial charge in [-0.15, -0.1) is 0 Å². The predicted molar refractivity (Wildman–Crippen MR) is 67.6 cm³/mol. The summed E-state index contributed by atoms with van der Waals surface area (Å²) in [7, 11) is 0. The molecule has 0 saturated carbocycles. The molecule has 1 aliphatic heterocycles. The summed E-state index contributed by atoms with van der Waals surface area (Å²) in [6.07, 6.45) is 2.49. The van der Waals surface area contributed by atoms with Gasteiger partial charge in [-0.3, -0.25) is 0 Å². The SMILES string of the molecule is CC1=CCN(c2ccc([C@@H](C)O)cc2F)CC1. The number of halogens is 1. The van der Waals surface area contributed by atoms with Gasteiger partial charge in [-0.25, -0.2) is 4.39 Å². The Morgan fingerprint density at radius 2 is 2.18 bits per heavy atom. The second-order valence-corrected chi connectivity index (χ2v) is 4.63. The van der Waals surface area contributed by atoms with Gasteiger partial charge in [0.25, 0.3) is 0 Å². The molecule has 2 rings (SSSR count). The van der Waals surface area contributed by atoms with Crippen molar-refractivity contribution in [2.75, 3.05) is 18.0 Å². The molecule has 1 N–H and O–H groups in total. The minimum atomic E-state index is -0.623. The Morgan fingerprint density at radius 3 is 2.71 bits per heavy atom. The topological polar surface area (TPSA) is 23.5 Å². The summed E-state index contributed by atoms with van der Waals surface area (Å²) in [5, 5.41) is 9.39. The molecule has 1 heterocycles. The maximum atomic E-state index is 13.9. The monoisotopic (exact) mass is 235 g/mol. The van der Waals surface area contributed by atoms with Crippen LogP contribution in [0.4, 0.5) is 10.1 Å². The number of anilines is 1. The van der Waals surface area contributed by atoms with Crippen molar-refractivity contribution < 1.29 is 9.50 Å². The van der Waals surface area contributed by atoms with Crippen molar-refractivity contribution in [3.63, 3.8) is 0 Å². The molecular weight excluding hydrogens is 217 g/mol. The van der Waals surface area contributed by atoms with E-state index in [0.717, 1.165) is 19.5 Å². The lowest BCUT2D eigenvalue weighted by Gasteiger charge is -2.28. The van der Waals surface area contributed by atoms with Crippen LogP contribution in [-0.4, -0.2) is 18.2 Å². The van der Waals surface area contributed by atoms with Crippen LogP contribution in [0.3, 0.4) is 0 Å². The number of hydrogen-bond donors (Lipinski definition) is 1. The first-order chi connectivity index (χ1) is 8.08. The van der Waals surface area contributed by atoms with Gasteiger partial charge in [-0.2, -0.15) is 0 Å². The van der Waals surface area contributed by atoms with E-state index in [1.54, 1.807) is 19.1 Å². The standard InChI is InChI=1S/C14H18FNO/c1-10-5-7-16(8-6-10)14-4-3-12(11(2)17)9-13(14)15/h3-5,9,11,17H,6-8H2,1-2H3/t11-/m1/s1. The molecule has 3 heteroatoms. The molecule has 0 amide bonds. The van der Waals surface area contributed by atoms with E-state index in [0.29, 0.717) is 11.3 Å².